The molecule has 1 saturated heterocycles. The summed E-state index contributed by atoms with van der Waals surface area (Å²) in [5, 5.41) is 15.5. The van der Waals surface area contributed by atoms with Crippen LogP contribution < -0.4 is 20.4 Å². The molecule has 1 aliphatic heterocycles. The van der Waals surface area contributed by atoms with E-state index in [-0.39, 0.29) is 30.1 Å². The minimum absolute atomic E-state index is 0.0230. The smallest absolute Gasteiger partial charge is 0.425 e. The van der Waals surface area contributed by atoms with Crippen LogP contribution in [-0.2, 0) is 20.8 Å². The zero-order chi connectivity index (χ0) is 38.0. The summed E-state index contributed by atoms with van der Waals surface area (Å²) < 4.78 is 26.7. The molecule has 1 unspecified atom stereocenters. The highest BCUT2D eigenvalue weighted by molar-refractivity contribution is 6.11. The van der Waals surface area contributed by atoms with Gasteiger partial charge in [0.15, 0.2) is 17.0 Å². The van der Waals surface area contributed by atoms with Crippen LogP contribution in [0.1, 0.15) is 59.9 Å². The van der Waals surface area contributed by atoms with E-state index in [1.54, 1.807) is 70.5 Å². The summed E-state index contributed by atoms with van der Waals surface area (Å²) in [6.07, 6.45) is 1.52. The molecule has 0 radical (unpaired) electrons. The van der Waals surface area contributed by atoms with Crippen LogP contribution in [0.3, 0.4) is 0 Å². The van der Waals surface area contributed by atoms with Gasteiger partial charge in [-0.05, 0) is 78.1 Å². The van der Waals surface area contributed by atoms with Gasteiger partial charge in [0, 0.05) is 19.2 Å². The average molecular weight is 720 g/mol. The molecule has 1 aromatic carbocycles. The largest absolute Gasteiger partial charge is 0.464 e. The van der Waals surface area contributed by atoms with Gasteiger partial charge in [0.25, 0.3) is 0 Å². The summed E-state index contributed by atoms with van der Waals surface area (Å²) in [5.74, 6) is -1.13. The Kier molecular flexibility index (Phi) is 10.4. The molecule has 4 heterocycles. The summed E-state index contributed by atoms with van der Waals surface area (Å²) >= 11 is 0. The Balaban J connectivity index is 1.58. The maximum atomic E-state index is 14.3. The minimum Gasteiger partial charge on any atom is -0.464 e. The summed E-state index contributed by atoms with van der Waals surface area (Å²) in [4.78, 5) is 71.4. The van der Waals surface area contributed by atoms with E-state index in [1.807, 2.05) is 4.90 Å². The number of nitrogens with zero attached hydrogens (tertiary/aromatic N) is 7. The molecule has 0 aliphatic carbocycles. The van der Waals surface area contributed by atoms with E-state index in [1.165, 1.54) is 25.5 Å². The van der Waals surface area contributed by atoms with Crippen molar-refractivity contribution in [2.45, 2.75) is 77.7 Å². The predicted octanol–water partition coefficient (Wildman–Crippen LogP) is 5.10. The first-order valence-electron chi connectivity index (χ1n) is 16.5. The monoisotopic (exact) mass is 719 g/mol. The van der Waals surface area contributed by atoms with E-state index < -0.39 is 46.7 Å². The number of ether oxygens (including phenoxy) is 2. The molecule has 4 aromatic rings. The number of pyridine rings is 1. The number of benzene rings is 1. The lowest BCUT2D eigenvalue weighted by Crippen LogP contribution is -2.66. The molecule has 17 heteroatoms. The van der Waals surface area contributed by atoms with E-state index in [4.69, 9.17) is 9.47 Å². The van der Waals surface area contributed by atoms with Crippen LogP contribution in [-0.4, -0.2) is 90.7 Å². The molecule has 0 saturated carbocycles. The Labute approximate surface area is 299 Å². The van der Waals surface area contributed by atoms with Crippen LogP contribution >= 0.6 is 0 Å². The number of hydrogen-bond donors (Lipinski definition) is 3. The van der Waals surface area contributed by atoms with Gasteiger partial charge in [-0.1, -0.05) is 12.1 Å². The van der Waals surface area contributed by atoms with Gasteiger partial charge in [-0.25, -0.2) is 33.7 Å². The molecule has 5 rings (SSSR count). The second-order valence-electron chi connectivity index (χ2n) is 14.4. The van der Waals surface area contributed by atoms with Crippen molar-refractivity contribution in [3.05, 3.63) is 60.6 Å². The number of rotatable bonds is 7. The number of imide groups is 1. The van der Waals surface area contributed by atoms with Crippen molar-refractivity contribution in [2.24, 2.45) is 0 Å². The fraction of sp³-hybridized carbons (Fsp3) is 0.429. The third-order valence-corrected chi connectivity index (χ3v) is 8.02. The van der Waals surface area contributed by atoms with E-state index >= 15 is 0 Å². The Bertz CT molecular complexity index is 2010. The molecule has 52 heavy (non-hydrogen) atoms. The molecule has 0 bridgehead atoms. The van der Waals surface area contributed by atoms with Crippen molar-refractivity contribution >= 4 is 46.9 Å². The van der Waals surface area contributed by atoms with E-state index in [0.717, 1.165) is 6.33 Å². The second kappa shape index (κ2) is 14.4. The van der Waals surface area contributed by atoms with Crippen molar-refractivity contribution in [1.82, 2.24) is 35.1 Å². The Morgan fingerprint density at radius 1 is 1.02 bits per heavy atom. The number of alkyl carbamates (subject to hydrolysis) is 1. The zero-order valence-electron chi connectivity index (χ0n) is 30.1. The first kappa shape index (κ1) is 37.4. The number of fused-ring (bicyclic) bond motifs is 1. The summed E-state index contributed by atoms with van der Waals surface area (Å²) in [5.41, 5.74) is -0.655. The highest BCUT2D eigenvalue weighted by Crippen LogP contribution is 2.33. The number of carbonyl (C=O) groups excluding carboxylic acids is 3. The first-order chi connectivity index (χ1) is 24.4. The van der Waals surface area contributed by atoms with Gasteiger partial charge in [0.1, 0.15) is 28.9 Å². The SMILES string of the molecule is CNC(=O)C1(NC(=O)OC(C)(C)C)CCCN(c2cnc(-c3cccc(F)c3)cc2Cn2cnc3c(N(C(=O)O)C(=O)OC(C)(C)C)ncnc32)C1. The van der Waals surface area contributed by atoms with Gasteiger partial charge >= 0.3 is 18.3 Å². The number of amides is 4. The second-order valence-corrected chi connectivity index (χ2v) is 14.4. The lowest BCUT2D eigenvalue weighted by Gasteiger charge is -2.43. The molecule has 276 valence electrons. The third kappa shape index (κ3) is 8.35. The maximum Gasteiger partial charge on any atom is 0.425 e. The molecule has 3 aromatic heterocycles. The normalized spacial score (nSPS) is 16.3. The number of halogens is 1. The maximum absolute atomic E-state index is 14.3. The molecule has 0 spiro atoms. The van der Waals surface area contributed by atoms with Crippen LogP contribution in [0.15, 0.2) is 49.2 Å². The van der Waals surface area contributed by atoms with E-state index in [9.17, 15) is 28.7 Å². The van der Waals surface area contributed by atoms with Crippen LogP contribution in [0.5, 0.6) is 0 Å². The van der Waals surface area contributed by atoms with Gasteiger partial charge < -0.3 is 34.7 Å². The number of imidazole rings is 1. The summed E-state index contributed by atoms with van der Waals surface area (Å²) in [7, 11) is 1.50. The van der Waals surface area contributed by atoms with E-state index in [0.29, 0.717) is 46.8 Å². The van der Waals surface area contributed by atoms with Crippen LogP contribution in [0, 0.1) is 5.82 Å². The fourth-order valence-corrected chi connectivity index (χ4v) is 5.94. The average Bonchev–Trinajstić information content (AvgIpc) is 3.46. The van der Waals surface area contributed by atoms with Gasteiger partial charge in [0.2, 0.25) is 5.91 Å². The number of hydrogen-bond acceptors (Lipinski definition) is 11. The van der Waals surface area contributed by atoms with Gasteiger partial charge in [0.05, 0.1) is 37.0 Å². The Hall–Kier alpha value is -5.87. The Morgan fingerprint density at radius 2 is 1.75 bits per heavy atom. The predicted molar refractivity (Wildman–Crippen MR) is 188 cm³/mol. The standard InChI is InChI=1S/C35H42FN9O7/c1-33(2,3)51-30(47)42-35(29(46)37-7)12-9-13-43(18-35)25-16-38-24(21-10-8-11-23(36)14-21)15-22(25)17-44-20-41-26-27(44)39-19-40-28(26)45(31(48)49)32(50)52-34(4,5)6/h8,10-11,14-16,19-20H,9,12-13,17-18H2,1-7H3,(H,37,46)(H,42,47)(H,48,49). The van der Waals surface area contributed by atoms with Crippen molar-refractivity contribution in [3.8, 4) is 11.3 Å². The number of anilines is 2. The van der Waals surface area contributed by atoms with Crippen molar-refractivity contribution < 1.29 is 38.1 Å². The zero-order valence-corrected chi connectivity index (χ0v) is 30.1. The molecule has 1 aliphatic rings. The number of piperidine rings is 1. The molecular formula is C35H42FN9O7. The van der Waals surface area contributed by atoms with Gasteiger partial charge in [-0.3, -0.25) is 9.78 Å². The number of carboxylic acid groups (broad SMARTS) is 1. The number of likely N-dealkylation sites (N-methyl/N-ethyl adjacent to an activating group) is 1. The molecular weight excluding hydrogens is 677 g/mol. The van der Waals surface area contributed by atoms with Crippen molar-refractivity contribution in [2.75, 3.05) is 29.9 Å². The molecule has 4 amide bonds. The first-order valence-corrected chi connectivity index (χ1v) is 16.5. The van der Waals surface area contributed by atoms with Crippen LogP contribution in [0.2, 0.25) is 0 Å². The molecule has 1 fully saturated rings. The summed E-state index contributed by atoms with van der Waals surface area (Å²) in [6, 6.07) is 7.76. The summed E-state index contributed by atoms with van der Waals surface area (Å²) in [6.45, 7) is 10.7. The van der Waals surface area contributed by atoms with Crippen LogP contribution in [0.4, 0.5) is 30.3 Å². The topological polar surface area (TPSA) is 194 Å². The Morgan fingerprint density at radius 3 is 2.40 bits per heavy atom. The molecule has 1 atom stereocenters. The lowest BCUT2D eigenvalue weighted by molar-refractivity contribution is -0.127. The number of carbonyl (C=O) groups is 4. The van der Waals surface area contributed by atoms with E-state index in [2.05, 4.69) is 30.6 Å². The van der Waals surface area contributed by atoms with Crippen molar-refractivity contribution in [3.63, 3.8) is 0 Å². The quantitative estimate of drug-likeness (QED) is 0.229. The third-order valence-electron chi connectivity index (χ3n) is 8.02. The number of nitrogens with one attached hydrogen (secondary N) is 2. The highest BCUT2D eigenvalue weighted by Gasteiger charge is 2.44. The number of aromatic nitrogens is 5. The van der Waals surface area contributed by atoms with Gasteiger partial charge in [-0.15, -0.1) is 0 Å². The van der Waals surface area contributed by atoms with Gasteiger partial charge in [-0.2, -0.15) is 4.90 Å². The fourth-order valence-electron chi connectivity index (χ4n) is 5.94. The minimum atomic E-state index is -1.62. The lowest BCUT2D eigenvalue weighted by atomic mass is 9.87. The highest BCUT2D eigenvalue weighted by atomic mass is 19.1. The molecule has 16 nitrogen and oxygen atoms in total. The van der Waals surface area contributed by atoms with Crippen molar-refractivity contribution in [1.29, 1.82) is 0 Å². The molecule has 3 N–H and O–H groups in total. The van der Waals surface area contributed by atoms with Crippen LogP contribution in [0.25, 0.3) is 22.4 Å².